The SMILES string of the molecule is CCN(CC)c1ccc(-c2ccc(C(=O)N3CCO[C@@H](CN)C3)cc2)cc1. The Labute approximate surface area is 161 Å². The molecule has 5 nitrogen and oxygen atoms in total. The molecule has 5 heteroatoms. The topological polar surface area (TPSA) is 58.8 Å². The van der Waals surface area contributed by atoms with Gasteiger partial charge in [-0.25, -0.2) is 0 Å². The quantitative estimate of drug-likeness (QED) is 0.853. The summed E-state index contributed by atoms with van der Waals surface area (Å²) in [6.07, 6.45) is -0.0636. The average molecular weight is 367 g/mol. The van der Waals surface area contributed by atoms with E-state index in [2.05, 4.69) is 43.0 Å². The van der Waals surface area contributed by atoms with Gasteiger partial charge in [0, 0.05) is 44.0 Å². The molecule has 0 unspecified atom stereocenters. The highest BCUT2D eigenvalue weighted by atomic mass is 16.5. The molecule has 1 aliphatic heterocycles. The monoisotopic (exact) mass is 367 g/mol. The van der Waals surface area contributed by atoms with Crippen molar-refractivity contribution in [2.75, 3.05) is 44.2 Å². The molecule has 3 rings (SSSR count). The van der Waals surface area contributed by atoms with Gasteiger partial charge in [0.05, 0.1) is 12.7 Å². The Hall–Kier alpha value is -2.37. The molecule has 1 atom stereocenters. The van der Waals surface area contributed by atoms with E-state index in [0.29, 0.717) is 31.8 Å². The second-order valence-electron chi connectivity index (χ2n) is 6.78. The lowest BCUT2D eigenvalue weighted by atomic mass is 10.0. The lowest BCUT2D eigenvalue weighted by Crippen LogP contribution is -2.48. The molecule has 2 N–H and O–H groups in total. The van der Waals surface area contributed by atoms with Gasteiger partial charge in [0.2, 0.25) is 0 Å². The number of hydrogen-bond donors (Lipinski definition) is 1. The van der Waals surface area contributed by atoms with Crippen LogP contribution in [0, 0.1) is 0 Å². The number of anilines is 1. The number of carbonyl (C=O) groups is 1. The first-order valence-electron chi connectivity index (χ1n) is 9.72. The molecule has 1 heterocycles. The van der Waals surface area contributed by atoms with E-state index in [0.717, 1.165) is 24.2 Å². The van der Waals surface area contributed by atoms with Crippen LogP contribution in [-0.2, 0) is 4.74 Å². The first-order chi connectivity index (χ1) is 13.2. The molecule has 27 heavy (non-hydrogen) atoms. The Morgan fingerprint density at radius 3 is 2.22 bits per heavy atom. The molecule has 1 fully saturated rings. The summed E-state index contributed by atoms with van der Waals surface area (Å²) in [5, 5.41) is 0. The second kappa shape index (κ2) is 9.02. The highest BCUT2D eigenvalue weighted by Crippen LogP contribution is 2.24. The van der Waals surface area contributed by atoms with E-state index in [4.69, 9.17) is 10.5 Å². The minimum Gasteiger partial charge on any atom is -0.373 e. The van der Waals surface area contributed by atoms with Crippen LogP contribution < -0.4 is 10.6 Å². The maximum atomic E-state index is 12.7. The van der Waals surface area contributed by atoms with E-state index in [1.54, 1.807) is 0 Å². The number of morpholine rings is 1. The van der Waals surface area contributed by atoms with Crippen LogP contribution in [0.2, 0.25) is 0 Å². The summed E-state index contributed by atoms with van der Waals surface area (Å²) < 4.78 is 5.54. The first kappa shape index (κ1) is 19.4. The van der Waals surface area contributed by atoms with E-state index in [1.165, 1.54) is 5.69 Å². The zero-order chi connectivity index (χ0) is 19.2. The van der Waals surface area contributed by atoms with Gasteiger partial charge in [-0.1, -0.05) is 24.3 Å². The van der Waals surface area contributed by atoms with E-state index < -0.39 is 0 Å². The predicted molar refractivity (Wildman–Crippen MR) is 110 cm³/mol. The van der Waals surface area contributed by atoms with Crippen LogP contribution in [0.5, 0.6) is 0 Å². The van der Waals surface area contributed by atoms with Gasteiger partial charge in [0.1, 0.15) is 0 Å². The lowest BCUT2D eigenvalue weighted by Gasteiger charge is -2.32. The van der Waals surface area contributed by atoms with Crippen LogP contribution in [0.1, 0.15) is 24.2 Å². The van der Waals surface area contributed by atoms with E-state index >= 15 is 0 Å². The van der Waals surface area contributed by atoms with Crippen LogP contribution in [-0.4, -0.2) is 56.2 Å². The average Bonchev–Trinajstić information content (AvgIpc) is 2.75. The highest BCUT2D eigenvalue weighted by molar-refractivity contribution is 5.94. The maximum absolute atomic E-state index is 12.7. The Balaban J connectivity index is 1.70. The Morgan fingerprint density at radius 2 is 1.67 bits per heavy atom. The summed E-state index contributed by atoms with van der Waals surface area (Å²) in [5.74, 6) is 0.0418. The number of nitrogens with zero attached hydrogens (tertiary/aromatic N) is 2. The van der Waals surface area contributed by atoms with E-state index in [9.17, 15) is 4.79 Å². The van der Waals surface area contributed by atoms with Crippen molar-refractivity contribution in [3.05, 3.63) is 54.1 Å². The number of carbonyl (C=O) groups excluding carboxylic acids is 1. The van der Waals surface area contributed by atoms with Crippen molar-refractivity contribution in [2.45, 2.75) is 20.0 Å². The Kier molecular flexibility index (Phi) is 6.48. The zero-order valence-corrected chi connectivity index (χ0v) is 16.2. The molecule has 0 saturated carbocycles. The largest absolute Gasteiger partial charge is 0.373 e. The number of hydrogen-bond acceptors (Lipinski definition) is 4. The summed E-state index contributed by atoms with van der Waals surface area (Å²) >= 11 is 0. The molecular weight excluding hydrogens is 338 g/mol. The van der Waals surface area contributed by atoms with Crippen molar-refractivity contribution in [1.29, 1.82) is 0 Å². The fourth-order valence-electron chi connectivity index (χ4n) is 3.49. The second-order valence-corrected chi connectivity index (χ2v) is 6.78. The number of benzene rings is 2. The Bertz CT molecular complexity index is 739. The molecule has 1 saturated heterocycles. The van der Waals surface area contributed by atoms with Crippen LogP contribution in [0.4, 0.5) is 5.69 Å². The molecule has 0 bridgehead atoms. The number of ether oxygens (including phenoxy) is 1. The standard InChI is InChI=1S/C22H29N3O2/c1-3-24(4-2)20-11-9-18(10-12-20)17-5-7-19(8-6-17)22(26)25-13-14-27-21(15-23)16-25/h5-12,21H,3-4,13-16,23H2,1-2H3/t21-/m0/s1. The fourth-order valence-corrected chi connectivity index (χ4v) is 3.49. The molecule has 1 aliphatic rings. The molecular formula is C22H29N3O2. The van der Waals surface area contributed by atoms with E-state index in [1.807, 2.05) is 29.2 Å². The van der Waals surface area contributed by atoms with Crippen LogP contribution >= 0.6 is 0 Å². The van der Waals surface area contributed by atoms with Gasteiger partial charge < -0.3 is 20.3 Å². The molecule has 2 aromatic carbocycles. The summed E-state index contributed by atoms with van der Waals surface area (Å²) in [6, 6.07) is 16.4. The molecule has 2 aromatic rings. The number of amides is 1. The van der Waals surface area contributed by atoms with Crippen molar-refractivity contribution in [3.63, 3.8) is 0 Å². The third-order valence-corrected chi connectivity index (χ3v) is 5.15. The van der Waals surface area contributed by atoms with Crippen molar-refractivity contribution in [3.8, 4) is 11.1 Å². The summed E-state index contributed by atoms with van der Waals surface area (Å²) in [5.41, 5.74) is 9.87. The molecule has 0 aromatic heterocycles. The molecule has 0 spiro atoms. The van der Waals surface area contributed by atoms with Gasteiger partial charge in [-0.2, -0.15) is 0 Å². The maximum Gasteiger partial charge on any atom is 0.254 e. The molecule has 1 amide bonds. The summed E-state index contributed by atoms with van der Waals surface area (Å²) in [6.45, 7) is 8.48. The summed E-state index contributed by atoms with van der Waals surface area (Å²) in [4.78, 5) is 16.9. The zero-order valence-electron chi connectivity index (χ0n) is 16.2. The van der Waals surface area contributed by atoms with Gasteiger partial charge in [-0.05, 0) is 49.2 Å². The smallest absolute Gasteiger partial charge is 0.254 e. The first-order valence-corrected chi connectivity index (χ1v) is 9.72. The third-order valence-electron chi connectivity index (χ3n) is 5.15. The van der Waals surface area contributed by atoms with Crippen LogP contribution in [0.3, 0.4) is 0 Å². The van der Waals surface area contributed by atoms with Crippen molar-refractivity contribution < 1.29 is 9.53 Å². The van der Waals surface area contributed by atoms with Gasteiger partial charge in [0.25, 0.3) is 5.91 Å². The highest BCUT2D eigenvalue weighted by Gasteiger charge is 2.24. The van der Waals surface area contributed by atoms with Gasteiger partial charge >= 0.3 is 0 Å². The Morgan fingerprint density at radius 1 is 1.07 bits per heavy atom. The normalized spacial score (nSPS) is 17.0. The minimum absolute atomic E-state index is 0.0418. The summed E-state index contributed by atoms with van der Waals surface area (Å²) in [7, 11) is 0. The minimum atomic E-state index is -0.0636. The van der Waals surface area contributed by atoms with Crippen molar-refractivity contribution in [2.24, 2.45) is 5.73 Å². The molecule has 0 radical (unpaired) electrons. The van der Waals surface area contributed by atoms with Crippen LogP contribution in [0.25, 0.3) is 11.1 Å². The lowest BCUT2D eigenvalue weighted by molar-refractivity contribution is -0.0167. The van der Waals surface area contributed by atoms with Gasteiger partial charge in [-0.3, -0.25) is 4.79 Å². The number of nitrogens with two attached hydrogens (primary N) is 1. The van der Waals surface area contributed by atoms with Crippen molar-refractivity contribution >= 4 is 11.6 Å². The van der Waals surface area contributed by atoms with E-state index in [-0.39, 0.29) is 12.0 Å². The fraction of sp³-hybridized carbons (Fsp3) is 0.409. The van der Waals surface area contributed by atoms with Gasteiger partial charge in [0.15, 0.2) is 0 Å². The number of rotatable bonds is 6. The molecule has 0 aliphatic carbocycles. The third kappa shape index (κ3) is 4.49. The van der Waals surface area contributed by atoms with Gasteiger partial charge in [-0.15, -0.1) is 0 Å². The van der Waals surface area contributed by atoms with Crippen molar-refractivity contribution in [1.82, 2.24) is 4.90 Å². The molecule has 144 valence electrons. The van der Waals surface area contributed by atoms with Crippen LogP contribution in [0.15, 0.2) is 48.5 Å². The predicted octanol–water partition coefficient (Wildman–Crippen LogP) is 3.00.